The Kier molecular flexibility index (Phi) is 5.73. The zero-order chi connectivity index (χ0) is 15.3. The fraction of sp³-hybridized carbons (Fsp3) is 0.643. The van der Waals surface area contributed by atoms with Crippen molar-refractivity contribution in [3.05, 3.63) is 22.2 Å². The topological polar surface area (TPSA) is 71.3 Å². The number of anilines is 2. The molecule has 20 heavy (non-hydrogen) atoms. The van der Waals surface area contributed by atoms with Crippen LogP contribution in [0.3, 0.4) is 0 Å². The SMILES string of the molecule is CCCNc1ccc([N+](=O)[O-])c(N(C)C(C)C(C)C)n1. The Morgan fingerprint density at radius 3 is 2.55 bits per heavy atom. The molecule has 1 rings (SSSR count). The summed E-state index contributed by atoms with van der Waals surface area (Å²) in [6.45, 7) is 9.08. The van der Waals surface area contributed by atoms with Gasteiger partial charge in [0.15, 0.2) is 0 Å². The maximum absolute atomic E-state index is 11.2. The highest BCUT2D eigenvalue weighted by Gasteiger charge is 2.24. The lowest BCUT2D eigenvalue weighted by Crippen LogP contribution is -2.34. The fourth-order valence-electron chi connectivity index (χ4n) is 1.83. The molecule has 0 aromatic carbocycles. The van der Waals surface area contributed by atoms with E-state index in [4.69, 9.17) is 0 Å². The van der Waals surface area contributed by atoms with Gasteiger partial charge in [-0.05, 0) is 25.3 Å². The molecule has 0 aliphatic carbocycles. The number of nitrogens with one attached hydrogen (secondary N) is 1. The Labute approximate surface area is 120 Å². The minimum absolute atomic E-state index is 0.0436. The zero-order valence-corrected chi connectivity index (χ0v) is 12.9. The van der Waals surface area contributed by atoms with Crippen molar-refractivity contribution in [3.63, 3.8) is 0 Å². The lowest BCUT2D eigenvalue weighted by molar-refractivity contribution is -0.384. The zero-order valence-electron chi connectivity index (χ0n) is 12.9. The third-order valence-electron chi connectivity index (χ3n) is 3.52. The Morgan fingerprint density at radius 1 is 1.40 bits per heavy atom. The third-order valence-corrected chi connectivity index (χ3v) is 3.52. The number of aromatic nitrogens is 1. The van der Waals surface area contributed by atoms with Gasteiger partial charge in [0, 0.05) is 25.7 Å². The van der Waals surface area contributed by atoms with Crippen LogP contribution in [0, 0.1) is 16.0 Å². The van der Waals surface area contributed by atoms with Crippen LogP contribution in [0.1, 0.15) is 34.1 Å². The van der Waals surface area contributed by atoms with Crippen molar-refractivity contribution in [2.75, 3.05) is 23.8 Å². The molecule has 0 aliphatic rings. The van der Waals surface area contributed by atoms with Gasteiger partial charge in [-0.25, -0.2) is 4.98 Å². The summed E-state index contributed by atoms with van der Waals surface area (Å²) in [5.41, 5.74) is 0.0436. The summed E-state index contributed by atoms with van der Waals surface area (Å²) in [5, 5.41) is 14.3. The standard InChI is InChI=1S/C14H24N4O2/c1-6-9-15-13-8-7-12(18(19)20)14(16-13)17(5)11(4)10(2)3/h7-8,10-11H,6,9H2,1-5H3,(H,15,16). The number of rotatable bonds is 7. The van der Waals surface area contributed by atoms with E-state index in [1.165, 1.54) is 6.07 Å². The van der Waals surface area contributed by atoms with Crippen molar-refractivity contribution < 1.29 is 4.92 Å². The summed E-state index contributed by atoms with van der Waals surface area (Å²) in [6.07, 6.45) is 0.978. The van der Waals surface area contributed by atoms with Gasteiger partial charge in [-0.15, -0.1) is 0 Å². The lowest BCUT2D eigenvalue weighted by atomic mass is 10.1. The second-order valence-corrected chi connectivity index (χ2v) is 5.32. The van der Waals surface area contributed by atoms with E-state index in [1.807, 2.05) is 18.9 Å². The van der Waals surface area contributed by atoms with Gasteiger partial charge < -0.3 is 10.2 Å². The molecule has 0 amide bonds. The second kappa shape index (κ2) is 7.07. The van der Waals surface area contributed by atoms with Crippen LogP contribution in [0.4, 0.5) is 17.3 Å². The van der Waals surface area contributed by atoms with Crippen molar-refractivity contribution in [3.8, 4) is 0 Å². The first kappa shape index (κ1) is 16.2. The summed E-state index contributed by atoms with van der Waals surface area (Å²) in [6, 6.07) is 3.34. The Balaban J connectivity index is 3.14. The van der Waals surface area contributed by atoms with Gasteiger partial charge in [0.2, 0.25) is 5.82 Å². The molecule has 6 heteroatoms. The molecule has 0 bridgehead atoms. The van der Waals surface area contributed by atoms with Crippen molar-refractivity contribution in [2.24, 2.45) is 5.92 Å². The van der Waals surface area contributed by atoms with E-state index in [-0.39, 0.29) is 16.7 Å². The molecule has 1 aromatic heterocycles. The van der Waals surface area contributed by atoms with Gasteiger partial charge in [-0.2, -0.15) is 0 Å². The van der Waals surface area contributed by atoms with Gasteiger partial charge >= 0.3 is 5.69 Å². The van der Waals surface area contributed by atoms with Crippen LogP contribution in [-0.4, -0.2) is 29.5 Å². The molecular formula is C14H24N4O2. The molecule has 0 spiro atoms. The van der Waals surface area contributed by atoms with Crippen LogP contribution in [-0.2, 0) is 0 Å². The quantitative estimate of drug-likeness (QED) is 0.613. The molecule has 6 nitrogen and oxygen atoms in total. The van der Waals surface area contributed by atoms with E-state index in [9.17, 15) is 10.1 Å². The molecule has 1 N–H and O–H groups in total. The predicted molar refractivity (Wildman–Crippen MR) is 82.4 cm³/mol. The van der Waals surface area contributed by atoms with Crippen molar-refractivity contribution in [1.82, 2.24) is 4.98 Å². The van der Waals surface area contributed by atoms with Crippen LogP contribution < -0.4 is 10.2 Å². The molecule has 0 saturated heterocycles. The number of pyridine rings is 1. The van der Waals surface area contributed by atoms with Gasteiger partial charge in [0.05, 0.1) is 4.92 Å². The molecule has 0 radical (unpaired) electrons. The Morgan fingerprint density at radius 2 is 2.05 bits per heavy atom. The molecule has 1 aromatic rings. The van der Waals surface area contributed by atoms with E-state index in [0.717, 1.165) is 13.0 Å². The predicted octanol–water partition coefficient (Wildman–Crippen LogP) is 3.29. The average molecular weight is 280 g/mol. The molecule has 1 heterocycles. The summed E-state index contributed by atoms with van der Waals surface area (Å²) < 4.78 is 0. The van der Waals surface area contributed by atoms with Crippen LogP contribution in [0.15, 0.2) is 12.1 Å². The minimum atomic E-state index is -0.379. The van der Waals surface area contributed by atoms with Crippen LogP contribution in [0.5, 0.6) is 0 Å². The first-order valence-electron chi connectivity index (χ1n) is 7.00. The summed E-state index contributed by atoms with van der Waals surface area (Å²) in [7, 11) is 1.85. The van der Waals surface area contributed by atoms with Gasteiger partial charge in [0.25, 0.3) is 0 Å². The van der Waals surface area contributed by atoms with Crippen molar-refractivity contribution >= 4 is 17.3 Å². The smallest absolute Gasteiger partial charge is 0.311 e. The average Bonchev–Trinajstić information content (AvgIpc) is 2.42. The first-order valence-corrected chi connectivity index (χ1v) is 7.00. The molecule has 1 atom stereocenters. The molecule has 0 saturated carbocycles. The largest absolute Gasteiger partial charge is 0.370 e. The number of nitrogens with zero attached hydrogens (tertiary/aromatic N) is 3. The highest BCUT2D eigenvalue weighted by atomic mass is 16.6. The number of hydrogen-bond acceptors (Lipinski definition) is 5. The molecule has 0 aliphatic heterocycles. The van der Waals surface area contributed by atoms with Crippen LogP contribution >= 0.6 is 0 Å². The molecule has 1 unspecified atom stereocenters. The Hall–Kier alpha value is -1.85. The second-order valence-electron chi connectivity index (χ2n) is 5.32. The summed E-state index contributed by atoms with van der Waals surface area (Å²) in [4.78, 5) is 17.1. The first-order chi connectivity index (χ1) is 9.38. The minimum Gasteiger partial charge on any atom is -0.370 e. The number of hydrogen-bond donors (Lipinski definition) is 1. The normalized spacial score (nSPS) is 12.3. The highest BCUT2D eigenvalue weighted by molar-refractivity contribution is 5.61. The van der Waals surface area contributed by atoms with Crippen molar-refractivity contribution in [2.45, 2.75) is 40.2 Å². The molecule has 112 valence electrons. The van der Waals surface area contributed by atoms with Crippen LogP contribution in [0.25, 0.3) is 0 Å². The summed E-state index contributed by atoms with van der Waals surface area (Å²) >= 11 is 0. The van der Waals surface area contributed by atoms with E-state index < -0.39 is 0 Å². The van der Waals surface area contributed by atoms with E-state index >= 15 is 0 Å². The Bertz CT molecular complexity index is 462. The maximum atomic E-state index is 11.2. The monoisotopic (exact) mass is 280 g/mol. The highest BCUT2D eigenvalue weighted by Crippen LogP contribution is 2.29. The maximum Gasteiger partial charge on any atom is 0.311 e. The van der Waals surface area contributed by atoms with E-state index in [2.05, 4.69) is 31.1 Å². The van der Waals surface area contributed by atoms with Crippen molar-refractivity contribution in [1.29, 1.82) is 0 Å². The van der Waals surface area contributed by atoms with Crippen LogP contribution in [0.2, 0.25) is 0 Å². The van der Waals surface area contributed by atoms with Gasteiger partial charge in [-0.3, -0.25) is 10.1 Å². The van der Waals surface area contributed by atoms with Gasteiger partial charge in [0.1, 0.15) is 5.82 Å². The van der Waals surface area contributed by atoms with Gasteiger partial charge in [-0.1, -0.05) is 20.8 Å². The van der Waals surface area contributed by atoms with E-state index in [1.54, 1.807) is 6.07 Å². The number of nitro groups is 1. The molecular weight excluding hydrogens is 256 g/mol. The third kappa shape index (κ3) is 3.82. The fourth-order valence-corrected chi connectivity index (χ4v) is 1.83. The van der Waals surface area contributed by atoms with E-state index in [0.29, 0.717) is 17.6 Å². The summed E-state index contributed by atoms with van der Waals surface area (Å²) in [5.74, 6) is 1.47. The lowest BCUT2D eigenvalue weighted by Gasteiger charge is -2.28. The molecule has 0 fully saturated rings.